The maximum Gasteiger partial charge on any atom is 0.494 e. The molecule has 7 nitrogen and oxygen atoms in total. The number of rotatable bonds is 5. The highest BCUT2D eigenvalue weighted by Crippen LogP contribution is 2.36. The summed E-state index contributed by atoms with van der Waals surface area (Å²) in [6.45, 7) is 19.5. The van der Waals surface area contributed by atoms with Crippen LogP contribution in [0.5, 0.6) is 5.75 Å². The zero-order valence-electron chi connectivity index (χ0n) is 20.9. The Morgan fingerprint density at radius 3 is 2.41 bits per heavy atom. The number of piperazine rings is 1. The SMILES string of the molecule is C[C@H]1CN(C(=O)OC(C)(C)C)CCN1CCOc1cccc(B2OC(C)(C)C(C)(C)O2)c1. The van der Waals surface area contributed by atoms with Crippen molar-refractivity contribution < 1.29 is 23.6 Å². The summed E-state index contributed by atoms with van der Waals surface area (Å²) < 4.78 is 23.8. The zero-order chi connectivity index (χ0) is 23.7. The number of hydrogen-bond donors (Lipinski definition) is 0. The Bertz CT molecular complexity index is 792. The fourth-order valence-corrected chi connectivity index (χ4v) is 3.83. The Kier molecular flexibility index (Phi) is 7.18. The third-order valence-corrected chi connectivity index (χ3v) is 6.45. The molecule has 0 radical (unpaired) electrons. The van der Waals surface area contributed by atoms with Crippen LogP contribution in [-0.2, 0) is 14.0 Å². The average Bonchev–Trinajstić information content (AvgIpc) is 2.89. The summed E-state index contributed by atoms with van der Waals surface area (Å²) in [6.07, 6.45) is -0.236. The number of hydrogen-bond acceptors (Lipinski definition) is 6. The summed E-state index contributed by atoms with van der Waals surface area (Å²) in [5.74, 6) is 0.803. The lowest BCUT2D eigenvalue weighted by molar-refractivity contribution is 0.00430. The monoisotopic (exact) mass is 446 g/mol. The standard InChI is InChI=1S/C24H39BN2O5/c1-18-17-27(21(28)30-22(2,3)4)13-12-26(18)14-15-29-20-11-9-10-19(16-20)25-31-23(5,6)24(7,8)32-25/h9-11,16,18H,12-15,17H2,1-8H3/t18-/m0/s1. The van der Waals surface area contributed by atoms with Gasteiger partial charge >= 0.3 is 13.2 Å². The third kappa shape index (κ3) is 5.97. The molecule has 2 aliphatic rings. The van der Waals surface area contributed by atoms with Crippen molar-refractivity contribution in [1.29, 1.82) is 0 Å². The molecule has 0 bridgehead atoms. The summed E-state index contributed by atoms with van der Waals surface area (Å²) >= 11 is 0. The van der Waals surface area contributed by atoms with Crippen molar-refractivity contribution in [2.24, 2.45) is 0 Å². The fraction of sp³-hybridized carbons (Fsp3) is 0.708. The van der Waals surface area contributed by atoms with Crippen molar-refractivity contribution in [3.05, 3.63) is 24.3 Å². The third-order valence-electron chi connectivity index (χ3n) is 6.45. The summed E-state index contributed by atoms with van der Waals surface area (Å²) in [6, 6.07) is 8.17. The molecule has 178 valence electrons. The maximum absolute atomic E-state index is 12.3. The Morgan fingerprint density at radius 2 is 1.81 bits per heavy atom. The number of nitrogens with zero attached hydrogens (tertiary/aromatic N) is 2. The Labute approximate surface area is 193 Å². The van der Waals surface area contributed by atoms with Crippen LogP contribution in [0.4, 0.5) is 4.79 Å². The van der Waals surface area contributed by atoms with Gasteiger partial charge in [0.05, 0.1) is 11.2 Å². The van der Waals surface area contributed by atoms with Crippen molar-refractivity contribution in [3.63, 3.8) is 0 Å². The van der Waals surface area contributed by atoms with Crippen LogP contribution in [0.1, 0.15) is 55.4 Å². The van der Waals surface area contributed by atoms with Crippen LogP contribution in [0.3, 0.4) is 0 Å². The predicted molar refractivity (Wildman–Crippen MR) is 126 cm³/mol. The molecule has 0 aromatic heterocycles. The second-order valence-electron chi connectivity index (χ2n) is 10.8. The van der Waals surface area contributed by atoms with Gasteiger partial charge in [0.2, 0.25) is 0 Å². The van der Waals surface area contributed by atoms with E-state index in [1.165, 1.54) is 0 Å². The maximum atomic E-state index is 12.3. The second kappa shape index (κ2) is 9.24. The topological polar surface area (TPSA) is 60.5 Å². The average molecular weight is 446 g/mol. The lowest BCUT2D eigenvalue weighted by Crippen LogP contribution is -2.55. The van der Waals surface area contributed by atoms with Gasteiger partial charge in [0.25, 0.3) is 0 Å². The van der Waals surface area contributed by atoms with E-state index in [1.54, 1.807) is 4.90 Å². The lowest BCUT2D eigenvalue weighted by atomic mass is 9.79. The zero-order valence-corrected chi connectivity index (χ0v) is 20.9. The minimum absolute atomic E-state index is 0.236. The van der Waals surface area contributed by atoms with Crippen molar-refractivity contribution in [2.75, 3.05) is 32.8 Å². The Balaban J connectivity index is 1.48. The molecule has 1 amide bonds. The minimum Gasteiger partial charge on any atom is -0.492 e. The first kappa shape index (κ1) is 24.9. The number of carbonyl (C=O) groups excluding carboxylic acids is 1. The van der Waals surface area contributed by atoms with E-state index in [1.807, 2.05) is 45.0 Å². The summed E-state index contributed by atoms with van der Waals surface area (Å²) in [4.78, 5) is 16.5. The molecule has 32 heavy (non-hydrogen) atoms. The lowest BCUT2D eigenvalue weighted by Gasteiger charge is -2.40. The van der Waals surface area contributed by atoms with Crippen molar-refractivity contribution >= 4 is 18.7 Å². The summed E-state index contributed by atoms with van der Waals surface area (Å²) in [5, 5.41) is 0. The van der Waals surface area contributed by atoms with E-state index < -0.39 is 12.7 Å². The van der Waals surface area contributed by atoms with E-state index in [0.717, 1.165) is 24.3 Å². The van der Waals surface area contributed by atoms with Gasteiger partial charge in [0, 0.05) is 32.2 Å². The highest BCUT2D eigenvalue weighted by Gasteiger charge is 2.51. The molecule has 8 heteroatoms. The van der Waals surface area contributed by atoms with Gasteiger partial charge in [-0.15, -0.1) is 0 Å². The predicted octanol–water partition coefficient (Wildman–Crippen LogP) is 3.31. The van der Waals surface area contributed by atoms with Gasteiger partial charge in [0.1, 0.15) is 18.0 Å². The van der Waals surface area contributed by atoms with Gasteiger partial charge in [-0.25, -0.2) is 4.79 Å². The first-order chi connectivity index (χ1) is 14.8. The molecule has 1 aromatic rings. The van der Waals surface area contributed by atoms with Crippen LogP contribution in [0.15, 0.2) is 24.3 Å². The largest absolute Gasteiger partial charge is 0.494 e. The van der Waals surface area contributed by atoms with Crippen molar-refractivity contribution in [2.45, 2.75) is 78.2 Å². The molecule has 0 unspecified atom stereocenters. The number of benzene rings is 1. The van der Waals surface area contributed by atoms with Crippen LogP contribution in [0.25, 0.3) is 0 Å². The summed E-state index contributed by atoms with van der Waals surface area (Å²) in [7, 11) is -0.399. The van der Waals surface area contributed by atoms with Gasteiger partial charge in [0.15, 0.2) is 0 Å². The molecule has 2 heterocycles. The molecular formula is C24H39BN2O5. The molecule has 2 saturated heterocycles. The highest BCUT2D eigenvalue weighted by molar-refractivity contribution is 6.62. The van der Waals surface area contributed by atoms with E-state index in [-0.39, 0.29) is 23.3 Å². The van der Waals surface area contributed by atoms with Gasteiger partial charge < -0.3 is 23.7 Å². The van der Waals surface area contributed by atoms with Crippen molar-refractivity contribution in [3.8, 4) is 5.75 Å². The smallest absolute Gasteiger partial charge is 0.492 e. The van der Waals surface area contributed by atoms with Crippen LogP contribution < -0.4 is 10.2 Å². The van der Waals surface area contributed by atoms with Gasteiger partial charge in [-0.3, -0.25) is 4.90 Å². The number of amides is 1. The first-order valence-electron chi connectivity index (χ1n) is 11.6. The number of carbonyl (C=O) groups is 1. The quantitative estimate of drug-likeness (QED) is 0.647. The first-order valence-corrected chi connectivity index (χ1v) is 11.6. The van der Waals surface area contributed by atoms with E-state index in [0.29, 0.717) is 19.7 Å². The second-order valence-corrected chi connectivity index (χ2v) is 10.8. The molecule has 2 fully saturated rings. The van der Waals surface area contributed by atoms with E-state index in [2.05, 4.69) is 39.5 Å². The normalized spacial score (nSPS) is 23.3. The van der Waals surface area contributed by atoms with Gasteiger partial charge in [-0.1, -0.05) is 12.1 Å². The highest BCUT2D eigenvalue weighted by atomic mass is 16.7. The Hall–Kier alpha value is -1.77. The minimum atomic E-state index is -0.472. The van der Waals surface area contributed by atoms with E-state index >= 15 is 0 Å². The van der Waals surface area contributed by atoms with Crippen molar-refractivity contribution in [1.82, 2.24) is 9.80 Å². The molecule has 0 spiro atoms. The van der Waals surface area contributed by atoms with Gasteiger partial charge in [-0.2, -0.15) is 0 Å². The molecule has 2 aliphatic heterocycles. The van der Waals surface area contributed by atoms with E-state index in [9.17, 15) is 4.79 Å². The number of ether oxygens (including phenoxy) is 2. The Morgan fingerprint density at radius 1 is 1.16 bits per heavy atom. The molecule has 3 rings (SSSR count). The molecule has 0 aliphatic carbocycles. The molecule has 0 saturated carbocycles. The molecule has 0 N–H and O–H groups in total. The molecule has 1 aromatic carbocycles. The van der Waals surface area contributed by atoms with Crippen LogP contribution in [0.2, 0.25) is 0 Å². The van der Waals surface area contributed by atoms with Crippen LogP contribution in [-0.4, -0.2) is 78.6 Å². The van der Waals surface area contributed by atoms with Crippen LogP contribution in [0, 0.1) is 0 Å². The summed E-state index contributed by atoms with van der Waals surface area (Å²) in [5.41, 5.74) is -0.251. The van der Waals surface area contributed by atoms with Crippen LogP contribution >= 0.6 is 0 Å². The molecule has 1 atom stereocenters. The van der Waals surface area contributed by atoms with Gasteiger partial charge in [-0.05, 0) is 73.0 Å². The van der Waals surface area contributed by atoms with E-state index in [4.69, 9.17) is 18.8 Å². The fourth-order valence-electron chi connectivity index (χ4n) is 3.83. The molecular weight excluding hydrogens is 407 g/mol.